The Balaban J connectivity index is 2.22. The van der Waals surface area contributed by atoms with Crippen LogP contribution in [0.25, 0.3) is 0 Å². The number of carboxylic acid groups (broad SMARTS) is 1. The number of hydrogen-bond acceptors (Lipinski definition) is 9. The zero-order valence-electron chi connectivity index (χ0n) is 23.1. The lowest BCUT2D eigenvalue weighted by Gasteiger charge is -2.25. The number of aliphatic carboxylic acids is 1. The Morgan fingerprint density at radius 1 is 0.805 bits per heavy atom. The predicted molar refractivity (Wildman–Crippen MR) is 151 cm³/mol. The fraction of sp³-hybridized carbons (Fsp3) is 0.519. The molecule has 1 aromatic carbocycles. The van der Waals surface area contributed by atoms with E-state index in [1.165, 1.54) is 24.7 Å². The van der Waals surface area contributed by atoms with Gasteiger partial charge in [-0.25, -0.2) is 9.78 Å². The standard InChI is InChI=1S/C27H42N8O6/c28-11-3-1-5-20(30)24(37)33-21(6-2-4-12-29)25(38)34-22(13-17-7-9-19(36)10-8-17)26(39)35-23(27(40)41)14-18-15-31-16-32-18/h7-10,15-16,20-23,36H,1-6,11-14,28-30H2,(H,31,32)(H,33,37)(H,34,38)(H,35,39)(H,40,41). The van der Waals surface area contributed by atoms with Crippen LogP contribution < -0.4 is 33.2 Å². The Kier molecular flexibility index (Phi) is 14.3. The average Bonchev–Trinajstić information content (AvgIpc) is 3.46. The summed E-state index contributed by atoms with van der Waals surface area (Å²) in [5.74, 6) is -3.10. The zero-order chi connectivity index (χ0) is 30.2. The first-order valence-electron chi connectivity index (χ1n) is 13.7. The number of nitrogens with two attached hydrogens (primary N) is 3. The van der Waals surface area contributed by atoms with Gasteiger partial charge < -0.3 is 48.3 Å². The third-order valence-electron chi connectivity index (χ3n) is 6.49. The number of amides is 3. The second-order valence-electron chi connectivity index (χ2n) is 9.85. The van der Waals surface area contributed by atoms with Gasteiger partial charge >= 0.3 is 5.97 Å². The van der Waals surface area contributed by atoms with Crippen LogP contribution in [0.5, 0.6) is 5.75 Å². The summed E-state index contributed by atoms with van der Waals surface area (Å²) in [6.45, 7) is 0.882. The van der Waals surface area contributed by atoms with Gasteiger partial charge in [-0.2, -0.15) is 0 Å². The average molecular weight is 575 g/mol. The molecule has 0 aliphatic heterocycles. The molecule has 0 radical (unpaired) electrons. The van der Waals surface area contributed by atoms with Crippen molar-refractivity contribution in [1.82, 2.24) is 25.9 Å². The Bertz CT molecular complexity index is 1100. The van der Waals surface area contributed by atoms with Crippen molar-refractivity contribution in [3.8, 4) is 5.75 Å². The van der Waals surface area contributed by atoms with Crippen molar-refractivity contribution in [3.63, 3.8) is 0 Å². The van der Waals surface area contributed by atoms with Gasteiger partial charge in [0.25, 0.3) is 0 Å². The third-order valence-corrected chi connectivity index (χ3v) is 6.49. The largest absolute Gasteiger partial charge is 0.508 e. The fourth-order valence-corrected chi connectivity index (χ4v) is 4.12. The normalized spacial score (nSPS) is 13.9. The molecule has 1 heterocycles. The quantitative estimate of drug-likeness (QED) is 0.0927. The van der Waals surface area contributed by atoms with E-state index in [1.807, 2.05) is 0 Å². The number of aromatic amines is 1. The summed E-state index contributed by atoms with van der Waals surface area (Å²) in [5.41, 5.74) is 18.2. The van der Waals surface area contributed by atoms with Gasteiger partial charge in [-0.1, -0.05) is 18.6 Å². The number of carbonyl (C=O) groups excluding carboxylic acids is 3. The Morgan fingerprint density at radius 2 is 1.39 bits per heavy atom. The summed E-state index contributed by atoms with van der Waals surface area (Å²) >= 11 is 0. The lowest BCUT2D eigenvalue weighted by atomic mass is 10.0. The summed E-state index contributed by atoms with van der Waals surface area (Å²) in [6, 6.07) is 1.73. The van der Waals surface area contributed by atoms with Crippen molar-refractivity contribution in [3.05, 3.63) is 48.0 Å². The number of benzene rings is 1. The van der Waals surface area contributed by atoms with Gasteiger partial charge in [0.15, 0.2) is 0 Å². The number of rotatable bonds is 19. The molecule has 0 spiro atoms. The molecular weight excluding hydrogens is 532 g/mol. The van der Waals surface area contributed by atoms with E-state index in [2.05, 4.69) is 25.9 Å². The van der Waals surface area contributed by atoms with Gasteiger partial charge in [-0.3, -0.25) is 14.4 Å². The van der Waals surface area contributed by atoms with E-state index in [-0.39, 0.29) is 25.0 Å². The molecule has 0 aliphatic carbocycles. The van der Waals surface area contributed by atoms with E-state index < -0.39 is 47.9 Å². The number of imidazole rings is 1. The van der Waals surface area contributed by atoms with E-state index in [9.17, 15) is 29.4 Å². The van der Waals surface area contributed by atoms with Crippen molar-refractivity contribution in [2.75, 3.05) is 13.1 Å². The molecule has 2 rings (SSSR count). The predicted octanol–water partition coefficient (Wildman–Crippen LogP) is -0.975. The fourth-order valence-electron chi connectivity index (χ4n) is 4.12. The lowest BCUT2D eigenvalue weighted by Crippen LogP contribution is -2.57. The summed E-state index contributed by atoms with van der Waals surface area (Å²) in [5, 5.41) is 27.2. The maximum absolute atomic E-state index is 13.4. The van der Waals surface area contributed by atoms with E-state index in [0.717, 1.165) is 0 Å². The maximum Gasteiger partial charge on any atom is 0.326 e. The lowest BCUT2D eigenvalue weighted by molar-refractivity contribution is -0.142. The number of aromatic nitrogens is 2. The van der Waals surface area contributed by atoms with E-state index in [0.29, 0.717) is 56.5 Å². The number of aromatic hydroxyl groups is 1. The van der Waals surface area contributed by atoms with Crippen LogP contribution in [-0.4, -0.2) is 81.1 Å². The molecule has 1 aromatic heterocycles. The Labute approximate surface area is 238 Å². The van der Waals surface area contributed by atoms with Crippen LogP contribution in [0.1, 0.15) is 49.8 Å². The third kappa shape index (κ3) is 11.9. The molecule has 4 atom stereocenters. The highest BCUT2D eigenvalue weighted by Gasteiger charge is 2.30. The topological polar surface area (TPSA) is 252 Å². The summed E-state index contributed by atoms with van der Waals surface area (Å²) in [7, 11) is 0. The molecule has 12 N–H and O–H groups in total. The van der Waals surface area contributed by atoms with Crippen LogP contribution in [0.3, 0.4) is 0 Å². The van der Waals surface area contributed by atoms with E-state index in [1.54, 1.807) is 12.1 Å². The van der Waals surface area contributed by atoms with Gasteiger partial charge in [-0.05, 0) is 62.9 Å². The van der Waals surface area contributed by atoms with Crippen LogP contribution in [0.4, 0.5) is 0 Å². The molecule has 3 amide bonds. The minimum absolute atomic E-state index is 0.00365. The number of nitrogens with zero attached hydrogens (tertiary/aromatic N) is 1. The number of unbranched alkanes of at least 4 members (excludes halogenated alkanes) is 2. The van der Waals surface area contributed by atoms with Crippen molar-refractivity contribution < 1.29 is 29.4 Å². The second-order valence-corrected chi connectivity index (χ2v) is 9.85. The second kappa shape index (κ2) is 17.6. The first kappa shape index (κ1) is 33.2. The van der Waals surface area contributed by atoms with Gasteiger partial charge in [0.1, 0.15) is 23.9 Å². The minimum Gasteiger partial charge on any atom is -0.508 e. The number of phenols is 1. The summed E-state index contributed by atoms with van der Waals surface area (Å²) in [4.78, 5) is 58.1. The Hall–Kier alpha value is -4.01. The van der Waals surface area contributed by atoms with Gasteiger partial charge in [-0.15, -0.1) is 0 Å². The van der Waals surface area contributed by atoms with Crippen molar-refractivity contribution in [2.45, 2.75) is 75.5 Å². The first-order valence-corrected chi connectivity index (χ1v) is 13.7. The highest BCUT2D eigenvalue weighted by molar-refractivity contribution is 5.94. The van der Waals surface area contributed by atoms with Crippen LogP contribution in [0, 0.1) is 0 Å². The molecule has 226 valence electrons. The number of H-pyrrole nitrogens is 1. The maximum atomic E-state index is 13.4. The van der Waals surface area contributed by atoms with Crippen LogP contribution in [0.15, 0.2) is 36.8 Å². The number of carboxylic acids is 1. The smallest absolute Gasteiger partial charge is 0.326 e. The molecule has 14 nitrogen and oxygen atoms in total. The van der Waals surface area contributed by atoms with Crippen LogP contribution in [-0.2, 0) is 32.0 Å². The molecule has 2 aromatic rings. The highest BCUT2D eigenvalue weighted by Crippen LogP contribution is 2.13. The molecule has 0 aliphatic rings. The van der Waals surface area contributed by atoms with Crippen LogP contribution >= 0.6 is 0 Å². The number of hydrogen-bond donors (Lipinski definition) is 9. The van der Waals surface area contributed by atoms with E-state index >= 15 is 0 Å². The van der Waals surface area contributed by atoms with Gasteiger partial charge in [0, 0.05) is 24.7 Å². The van der Waals surface area contributed by atoms with Gasteiger partial charge in [0.05, 0.1) is 12.4 Å². The molecule has 0 fully saturated rings. The molecule has 0 saturated carbocycles. The molecule has 14 heteroatoms. The molecule has 41 heavy (non-hydrogen) atoms. The Morgan fingerprint density at radius 3 is 1.98 bits per heavy atom. The number of nitrogens with one attached hydrogen (secondary N) is 4. The molecular formula is C27H42N8O6. The van der Waals surface area contributed by atoms with Gasteiger partial charge in [0.2, 0.25) is 17.7 Å². The molecule has 4 unspecified atom stereocenters. The highest BCUT2D eigenvalue weighted by atomic mass is 16.4. The number of carbonyl (C=O) groups is 4. The molecule has 0 bridgehead atoms. The minimum atomic E-state index is -1.30. The van der Waals surface area contributed by atoms with Crippen LogP contribution in [0.2, 0.25) is 0 Å². The zero-order valence-corrected chi connectivity index (χ0v) is 23.1. The molecule has 0 saturated heterocycles. The summed E-state index contributed by atoms with van der Waals surface area (Å²) < 4.78 is 0. The monoisotopic (exact) mass is 574 g/mol. The number of phenolic OH excluding ortho intramolecular Hbond substituents is 1. The van der Waals surface area contributed by atoms with E-state index in [4.69, 9.17) is 17.2 Å². The van der Waals surface area contributed by atoms with Crippen molar-refractivity contribution >= 4 is 23.7 Å². The summed E-state index contributed by atoms with van der Waals surface area (Å²) in [6.07, 6.45) is 5.98. The van der Waals surface area contributed by atoms with Crippen molar-refractivity contribution in [2.24, 2.45) is 17.2 Å². The SMILES string of the molecule is NCCCCC(N)C(=O)NC(CCCCN)C(=O)NC(Cc1ccc(O)cc1)C(=O)NC(Cc1cnc[nH]1)C(=O)O. The first-order chi connectivity index (χ1) is 19.6. The van der Waals surface area contributed by atoms with Crippen molar-refractivity contribution in [1.29, 1.82) is 0 Å².